The van der Waals surface area contributed by atoms with Crippen LogP contribution in [0.25, 0.3) is 10.9 Å². The van der Waals surface area contributed by atoms with E-state index in [0.29, 0.717) is 5.56 Å². The molecule has 4 heteroatoms. The van der Waals surface area contributed by atoms with Crippen LogP contribution in [0.5, 0.6) is 0 Å². The van der Waals surface area contributed by atoms with Gasteiger partial charge in [0.15, 0.2) is 0 Å². The maximum Gasteiger partial charge on any atom is 0.257 e. The van der Waals surface area contributed by atoms with Crippen molar-refractivity contribution in [2.24, 2.45) is 0 Å². The normalized spacial score (nSPS) is 10.7. The van der Waals surface area contributed by atoms with E-state index in [-0.39, 0.29) is 5.91 Å². The molecule has 0 spiro atoms. The van der Waals surface area contributed by atoms with Crippen LogP contribution in [0.1, 0.15) is 15.9 Å². The average molecular weight is 329 g/mol. The molecular formula is C16H13BrN2O. The number of nitrogens with one attached hydrogen (secondary N) is 2. The van der Waals surface area contributed by atoms with E-state index in [9.17, 15) is 4.79 Å². The number of hydrogen-bond acceptors (Lipinski definition) is 1. The molecule has 0 atom stereocenters. The van der Waals surface area contributed by atoms with Gasteiger partial charge in [-0.25, -0.2) is 0 Å². The highest BCUT2D eigenvalue weighted by molar-refractivity contribution is 9.10. The van der Waals surface area contributed by atoms with Gasteiger partial charge in [-0.2, -0.15) is 0 Å². The number of rotatable bonds is 2. The molecule has 0 bridgehead atoms. The number of halogens is 1. The van der Waals surface area contributed by atoms with E-state index in [1.165, 1.54) is 0 Å². The summed E-state index contributed by atoms with van der Waals surface area (Å²) >= 11 is 3.42. The predicted octanol–water partition coefficient (Wildman–Crippen LogP) is 4.49. The zero-order valence-corrected chi connectivity index (χ0v) is 12.5. The van der Waals surface area contributed by atoms with Gasteiger partial charge in [0.1, 0.15) is 0 Å². The molecule has 0 unspecified atom stereocenters. The summed E-state index contributed by atoms with van der Waals surface area (Å²) in [7, 11) is 0. The Morgan fingerprint density at radius 3 is 2.85 bits per heavy atom. The molecule has 2 N–H and O–H groups in total. The number of hydrogen-bond donors (Lipinski definition) is 2. The van der Waals surface area contributed by atoms with Gasteiger partial charge in [-0.3, -0.25) is 4.79 Å². The second-order valence-corrected chi connectivity index (χ2v) is 5.63. The number of carbonyl (C=O) groups excluding carboxylic acids is 1. The van der Waals surface area contributed by atoms with Crippen molar-refractivity contribution in [2.45, 2.75) is 6.92 Å². The number of amides is 1. The zero-order chi connectivity index (χ0) is 14.1. The maximum atomic E-state index is 12.3. The standard InChI is InChI=1S/C16H13BrN2O/c1-10-3-2-4-12(7-10)19-16(20)14-9-18-15-8-11(17)5-6-13(14)15/h2-9,18H,1H3,(H,19,20). The van der Waals surface area contributed by atoms with E-state index in [2.05, 4.69) is 26.2 Å². The fourth-order valence-electron chi connectivity index (χ4n) is 2.21. The lowest BCUT2D eigenvalue weighted by Crippen LogP contribution is -2.11. The van der Waals surface area contributed by atoms with Crippen LogP contribution in [0, 0.1) is 6.92 Å². The van der Waals surface area contributed by atoms with E-state index in [0.717, 1.165) is 26.6 Å². The highest BCUT2D eigenvalue weighted by Crippen LogP contribution is 2.23. The first-order valence-corrected chi connectivity index (χ1v) is 7.07. The number of carbonyl (C=O) groups is 1. The SMILES string of the molecule is Cc1cccc(NC(=O)c2c[nH]c3cc(Br)ccc23)c1. The molecule has 0 aliphatic carbocycles. The van der Waals surface area contributed by atoms with Gasteiger partial charge >= 0.3 is 0 Å². The molecule has 0 aliphatic rings. The lowest BCUT2D eigenvalue weighted by atomic mass is 10.1. The Labute approximate surface area is 125 Å². The number of anilines is 1. The van der Waals surface area contributed by atoms with E-state index in [4.69, 9.17) is 0 Å². The van der Waals surface area contributed by atoms with Gasteiger partial charge in [-0.1, -0.05) is 34.1 Å². The molecule has 0 fully saturated rings. The second kappa shape index (κ2) is 5.13. The smallest absolute Gasteiger partial charge is 0.257 e. The number of aromatic amines is 1. The van der Waals surface area contributed by atoms with Crippen molar-refractivity contribution in [3.8, 4) is 0 Å². The summed E-state index contributed by atoms with van der Waals surface area (Å²) in [6.07, 6.45) is 1.74. The summed E-state index contributed by atoms with van der Waals surface area (Å²) in [6.45, 7) is 2.00. The number of aromatic nitrogens is 1. The number of aryl methyl sites for hydroxylation is 1. The van der Waals surface area contributed by atoms with E-state index < -0.39 is 0 Å². The summed E-state index contributed by atoms with van der Waals surface area (Å²) in [6, 6.07) is 13.6. The maximum absolute atomic E-state index is 12.3. The fraction of sp³-hybridized carbons (Fsp3) is 0.0625. The Morgan fingerprint density at radius 2 is 2.05 bits per heavy atom. The topological polar surface area (TPSA) is 44.9 Å². The largest absolute Gasteiger partial charge is 0.360 e. The first kappa shape index (κ1) is 12.9. The van der Waals surface area contributed by atoms with Gasteiger partial charge in [0.25, 0.3) is 5.91 Å². The molecule has 1 aromatic heterocycles. The number of benzene rings is 2. The van der Waals surface area contributed by atoms with Crippen LogP contribution < -0.4 is 5.32 Å². The molecular weight excluding hydrogens is 316 g/mol. The zero-order valence-electron chi connectivity index (χ0n) is 10.9. The molecule has 0 saturated carbocycles. The van der Waals surface area contributed by atoms with Gasteiger partial charge in [-0.15, -0.1) is 0 Å². The van der Waals surface area contributed by atoms with Crippen LogP contribution in [-0.4, -0.2) is 10.9 Å². The molecule has 20 heavy (non-hydrogen) atoms. The van der Waals surface area contributed by atoms with Crippen LogP contribution >= 0.6 is 15.9 Å². The molecule has 1 heterocycles. The predicted molar refractivity (Wildman–Crippen MR) is 85.1 cm³/mol. The molecule has 0 saturated heterocycles. The van der Waals surface area contributed by atoms with Crippen molar-refractivity contribution >= 4 is 38.4 Å². The van der Waals surface area contributed by atoms with Crippen molar-refractivity contribution in [3.63, 3.8) is 0 Å². The molecule has 2 aromatic carbocycles. The minimum atomic E-state index is -0.107. The summed E-state index contributed by atoms with van der Waals surface area (Å²) < 4.78 is 0.984. The Bertz CT molecular complexity index is 792. The van der Waals surface area contributed by atoms with E-state index in [1.807, 2.05) is 49.4 Å². The third-order valence-corrected chi connectivity index (χ3v) is 3.66. The van der Waals surface area contributed by atoms with Crippen LogP contribution in [-0.2, 0) is 0 Å². The molecule has 3 aromatic rings. The van der Waals surface area contributed by atoms with Gasteiger partial charge in [0.05, 0.1) is 5.56 Å². The Morgan fingerprint density at radius 1 is 1.20 bits per heavy atom. The lowest BCUT2D eigenvalue weighted by molar-refractivity contribution is 0.102. The minimum Gasteiger partial charge on any atom is -0.360 e. The first-order valence-electron chi connectivity index (χ1n) is 6.28. The van der Waals surface area contributed by atoms with Crippen molar-refractivity contribution in [1.82, 2.24) is 4.98 Å². The lowest BCUT2D eigenvalue weighted by Gasteiger charge is -2.05. The molecule has 3 nitrogen and oxygen atoms in total. The number of fused-ring (bicyclic) bond motifs is 1. The quantitative estimate of drug-likeness (QED) is 0.715. The summed E-state index contributed by atoms with van der Waals surface area (Å²) in [5.41, 5.74) is 3.51. The summed E-state index contributed by atoms with van der Waals surface area (Å²) in [4.78, 5) is 15.5. The van der Waals surface area contributed by atoms with Crippen LogP contribution in [0.3, 0.4) is 0 Å². The summed E-state index contributed by atoms with van der Waals surface area (Å²) in [5, 5.41) is 3.84. The molecule has 1 amide bonds. The molecule has 100 valence electrons. The molecule has 3 rings (SSSR count). The minimum absolute atomic E-state index is 0.107. The second-order valence-electron chi connectivity index (χ2n) is 4.72. The Kier molecular flexibility index (Phi) is 3.32. The number of H-pyrrole nitrogens is 1. The van der Waals surface area contributed by atoms with Crippen LogP contribution in [0.2, 0.25) is 0 Å². The van der Waals surface area contributed by atoms with Crippen molar-refractivity contribution in [2.75, 3.05) is 5.32 Å². The van der Waals surface area contributed by atoms with Gasteiger partial charge < -0.3 is 10.3 Å². The monoisotopic (exact) mass is 328 g/mol. The first-order chi connectivity index (χ1) is 9.63. The Balaban J connectivity index is 1.93. The Hall–Kier alpha value is -2.07. The van der Waals surface area contributed by atoms with E-state index >= 15 is 0 Å². The van der Waals surface area contributed by atoms with Crippen molar-refractivity contribution in [3.05, 3.63) is 64.3 Å². The third kappa shape index (κ3) is 2.47. The van der Waals surface area contributed by atoms with Crippen LogP contribution in [0.4, 0.5) is 5.69 Å². The van der Waals surface area contributed by atoms with Crippen LogP contribution in [0.15, 0.2) is 53.1 Å². The molecule has 0 radical (unpaired) electrons. The van der Waals surface area contributed by atoms with Gasteiger partial charge in [0, 0.05) is 27.3 Å². The van der Waals surface area contributed by atoms with E-state index in [1.54, 1.807) is 6.20 Å². The van der Waals surface area contributed by atoms with Gasteiger partial charge in [-0.05, 0) is 36.8 Å². The summed E-state index contributed by atoms with van der Waals surface area (Å²) in [5.74, 6) is -0.107. The van der Waals surface area contributed by atoms with Gasteiger partial charge in [0.2, 0.25) is 0 Å². The average Bonchev–Trinajstić information content (AvgIpc) is 2.81. The molecule has 0 aliphatic heterocycles. The van der Waals surface area contributed by atoms with Crippen molar-refractivity contribution in [1.29, 1.82) is 0 Å². The highest BCUT2D eigenvalue weighted by Gasteiger charge is 2.12. The van der Waals surface area contributed by atoms with Crippen molar-refractivity contribution < 1.29 is 4.79 Å². The third-order valence-electron chi connectivity index (χ3n) is 3.16. The highest BCUT2D eigenvalue weighted by atomic mass is 79.9. The fourth-order valence-corrected chi connectivity index (χ4v) is 2.57.